The van der Waals surface area contributed by atoms with E-state index in [4.69, 9.17) is 4.98 Å². The third kappa shape index (κ3) is 3.49. The van der Waals surface area contributed by atoms with Gasteiger partial charge in [0.15, 0.2) is 0 Å². The van der Waals surface area contributed by atoms with E-state index in [-0.39, 0.29) is 0 Å². The third-order valence-corrected chi connectivity index (χ3v) is 4.46. The van der Waals surface area contributed by atoms with Crippen molar-refractivity contribution in [2.45, 2.75) is 5.03 Å². The molecule has 22 heavy (non-hydrogen) atoms. The number of aromatic nitrogens is 1. The Morgan fingerprint density at radius 2 is 1.68 bits per heavy atom. The van der Waals surface area contributed by atoms with Crippen LogP contribution >= 0.6 is 11.8 Å². The summed E-state index contributed by atoms with van der Waals surface area (Å²) in [6.07, 6.45) is 0. The molecule has 0 aliphatic heterocycles. The van der Waals surface area contributed by atoms with Crippen LogP contribution in [0.1, 0.15) is 0 Å². The zero-order valence-corrected chi connectivity index (χ0v) is 13.8. The lowest BCUT2D eigenvalue weighted by Crippen LogP contribution is -2.14. The normalized spacial score (nSPS) is 11.2. The van der Waals surface area contributed by atoms with Gasteiger partial charge in [0.1, 0.15) is 0 Å². The summed E-state index contributed by atoms with van der Waals surface area (Å²) in [6.45, 7) is 1.06. The van der Waals surface area contributed by atoms with E-state index < -0.39 is 0 Å². The van der Waals surface area contributed by atoms with Crippen LogP contribution in [-0.2, 0) is 0 Å². The van der Waals surface area contributed by atoms with Crippen molar-refractivity contribution < 1.29 is 0 Å². The van der Waals surface area contributed by atoms with Crippen LogP contribution in [0.15, 0.2) is 65.7 Å². The van der Waals surface area contributed by atoms with Crippen molar-refractivity contribution >= 4 is 22.7 Å². The zero-order valence-electron chi connectivity index (χ0n) is 13.0. The van der Waals surface area contributed by atoms with Crippen molar-refractivity contribution in [3.8, 4) is 11.1 Å². The number of thioether (sulfide) groups is 1. The van der Waals surface area contributed by atoms with Gasteiger partial charge >= 0.3 is 0 Å². The third-order valence-electron chi connectivity index (χ3n) is 3.57. The summed E-state index contributed by atoms with van der Waals surface area (Å²) >= 11 is 1.82. The first-order chi connectivity index (χ1) is 10.7. The summed E-state index contributed by atoms with van der Waals surface area (Å²) in [5, 5.41) is 2.31. The van der Waals surface area contributed by atoms with Crippen LogP contribution in [0.4, 0.5) is 0 Å². The maximum Gasteiger partial charge on any atom is 0.0974 e. The molecule has 0 spiro atoms. The first kappa shape index (κ1) is 15.1. The average Bonchev–Trinajstić information content (AvgIpc) is 2.54. The topological polar surface area (TPSA) is 16.1 Å². The van der Waals surface area contributed by atoms with Crippen LogP contribution in [-0.4, -0.2) is 36.3 Å². The molecule has 3 aromatic rings. The molecule has 0 fully saturated rings. The maximum absolute atomic E-state index is 4.80. The lowest BCUT2D eigenvalue weighted by Gasteiger charge is -2.11. The van der Waals surface area contributed by atoms with Crippen molar-refractivity contribution in [3.05, 3.63) is 60.7 Å². The molecule has 1 heterocycles. The van der Waals surface area contributed by atoms with E-state index in [1.807, 2.05) is 11.8 Å². The number of hydrogen-bond donors (Lipinski definition) is 0. The largest absolute Gasteiger partial charge is 0.309 e. The zero-order chi connectivity index (χ0) is 15.4. The van der Waals surface area contributed by atoms with Gasteiger partial charge in [-0.05, 0) is 37.4 Å². The second-order valence-corrected chi connectivity index (χ2v) is 6.66. The minimum absolute atomic E-state index is 1.05. The predicted molar refractivity (Wildman–Crippen MR) is 96.5 cm³/mol. The SMILES string of the molecule is CN(C)CCSc1cc(-c2ccccc2)c2ccccc2n1. The molecule has 0 amide bonds. The Balaban J connectivity index is 2.01. The highest BCUT2D eigenvalue weighted by Crippen LogP contribution is 2.31. The Bertz CT molecular complexity index is 754. The quantitative estimate of drug-likeness (QED) is 0.643. The molecule has 0 aliphatic rings. The Morgan fingerprint density at radius 3 is 2.45 bits per heavy atom. The van der Waals surface area contributed by atoms with E-state index in [1.54, 1.807) is 0 Å². The fraction of sp³-hybridized carbons (Fsp3) is 0.211. The van der Waals surface area contributed by atoms with Crippen molar-refractivity contribution in [1.29, 1.82) is 0 Å². The molecule has 0 atom stereocenters. The molecule has 0 radical (unpaired) electrons. The summed E-state index contributed by atoms with van der Waals surface area (Å²) < 4.78 is 0. The molecular weight excluding hydrogens is 288 g/mol. The van der Waals surface area contributed by atoms with Gasteiger partial charge in [-0.2, -0.15) is 0 Å². The van der Waals surface area contributed by atoms with Crippen LogP contribution in [0, 0.1) is 0 Å². The van der Waals surface area contributed by atoms with Gasteiger partial charge in [0.2, 0.25) is 0 Å². The summed E-state index contributed by atoms with van der Waals surface area (Å²) in [6, 6.07) is 21.2. The molecule has 0 saturated carbocycles. The van der Waals surface area contributed by atoms with Crippen molar-refractivity contribution in [2.24, 2.45) is 0 Å². The number of hydrogen-bond acceptors (Lipinski definition) is 3. The Kier molecular flexibility index (Phi) is 4.76. The summed E-state index contributed by atoms with van der Waals surface area (Å²) in [7, 11) is 4.20. The highest BCUT2D eigenvalue weighted by Gasteiger charge is 2.08. The molecule has 0 bridgehead atoms. The van der Waals surface area contributed by atoms with E-state index >= 15 is 0 Å². The van der Waals surface area contributed by atoms with E-state index in [1.165, 1.54) is 16.5 Å². The highest BCUT2D eigenvalue weighted by molar-refractivity contribution is 7.99. The molecular formula is C19H20N2S. The molecule has 3 rings (SSSR count). The number of nitrogens with zero attached hydrogens (tertiary/aromatic N) is 2. The Labute approximate surface area is 136 Å². The number of benzene rings is 2. The highest BCUT2D eigenvalue weighted by atomic mass is 32.2. The second kappa shape index (κ2) is 6.95. The molecule has 0 aliphatic carbocycles. The predicted octanol–water partition coefficient (Wildman–Crippen LogP) is 4.56. The molecule has 0 unspecified atom stereocenters. The monoisotopic (exact) mass is 308 g/mol. The molecule has 2 aromatic carbocycles. The first-order valence-electron chi connectivity index (χ1n) is 7.47. The summed E-state index contributed by atoms with van der Waals surface area (Å²) in [5.41, 5.74) is 3.57. The van der Waals surface area contributed by atoms with Crippen LogP contribution in [0.5, 0.6) is 0 Å². The van der Waals surface area contributed by atoms with Gasteiger partial charge < -0.3 is 4.90 Å². The van der Waals surface area contributed by atoms with E-state index in [9.17, 15) is 0 Å². The number of para-hydroxylation sites is 1. The number of pyridine rings is 1. The number of fused-ring (bicyclic) bond motifs is 1. The van der Waals surface area contributed by atoms with Gasteiger partial charge in [0, 0.05) is 17.7 Å². The van der Waals surface area contributed by atoms with Gasteiger partial charge in [-0.1, -0.05) is 48.5 Å². The molecule has 112 valence electrons. The number of rotatable bonds is 5. The van der Waals surface area contributed by atoms with Crippen LogP contribution < -0.4 is 0 Å². The molecule has 1 aromatic heterocycles. The second-order valence-electron chi connectivity index (χ2n) is 5.54. The Morgan fingerprint density at radius 1 is 0.955 bits per heavy atom. The van der Waals surface area contributed by atoms with Gasteiger partial charge in [-0.15, -0.1) is 11.8 Å². The molecule has 3 heteroatoms. The fourth-order valence-electron chi connectivity index (χ4n) is 2.41. The minimum Gasteiger partial charge on any atom is -0.309 e. The lowest BCUT2D eigenvalue weighted by atomic mass is 10.0. The van der Waals surface area contributed by atoms with Gasteiger partial charge in [-0.25, -0.2) is 4.98 Å². The van der Waals surface area contributed by atoms with Crippen molar-refractivity contribution in [1.82, 2.24) is 9.88 Å². The van der Waals surface area contributed by atoms with Crippen molar-refractivity contribution in [2.75, 3.05) is 26.4 Å². The van der Waals surface area contributed by atoms with Gasteiger partial charge in [0.05, 0.1) is 10.5 Å². The lowest BCUT2D eigenvalue weighted by molar-refractivity contribution is 0.437. The van der Waals surface area contributed by atoms with E-state index in [0.29, 0.717) is 0 Å². The van der Waals surface area contributed by atoms with Crippen LogP contribution in [0.2, 0.25) is 0 Å². The molecule has 0 N–H and O–H groups in total. The standard InChI is InChI=1S/C19H20N2S/c1-21(2)12-13-22-19-14-17(15-8-4-3-5-9-15)16-10-6-7-11-18(16)20-19/h3-11,14H,12-13H2,1-2H3. The maximum atomic E-state index is 4.80. The van der Waals surface area contributed by atoms with E-state index in [0.717, 1.165) is 22.8 Å². The van der Waals surface area contributed by atoms with Crippen LogP contribution in [0.3, 0.4) is 0 Å². The first-order valence-corrected chi connectivity index (χ1v) is 8.45. The fourth-order valence-corrected chi connectivity index (χ4v) is 3.44. The molecule has 2 nitrogen and oxygen atoms in total. The van der Waals surface area contributed by atoms with Gasteiger partial charge in [0.25, 0.3) is 0 Å². The average molecular weight is 308 g/mol. The summed E-state index contributed by atoms with van der Waals surface area (Å²) in [5.74, 6) is 1.05. The Hall–Kier alpha value is -1.84. The van der Waals surface area contributed by atoms with Crippen molar-refractivity contribution in [3.63, 3.8) is 0 Å². The van der Waals surface area contributed by atoms with Gasteiger partial charge in [-0.3, -0.25) is 0 Å². The van der Waals surface area contributed by atoms with Crippen LogP contribution in [0.25, 0.3) is 22.0 Å². The molecule has 0 saturated heterocycles. The van der Waals surface area contributed by atoms with E-state index in [2.05, 4.69) is 79.7 Å². The summed E-state index contributed by atoms with van der Waals surface area (Å²) in [4.78, 5) is 7.00. The smallest absolute Gasteiger partial charge is 0.0974 e. The minimum atomic E-state index is 1.05.